The van der Waals surface area contributed by atoms with Gasteiger partial charge in [-0.05, 0) is 11.6 Å². The van der Waals surface area contributed by atoms with Gasteiger partial charge in [0.05, 0.1) is 5.51 Å². The van der Waals surface area contributed by atoms with Crippen LogP contribution in [0.25, 0.3) is 0 Å². The van der Waals surface area contributed by atoms with Gasteiger partial charge in [-0.2, -0.15) is 0 Å². The summed E-state index contributed by atoms with van der Waals surface area (Å²) in [4.78, 5) is 20.6. The third kappa shape index (κ3) is 2.95. The zero-order valence-electron chi connectivity index (χ0n) is 8.09. The Hall–Kier alpha value is -1.55. The zero-order valence-corrected chi connectivity index (χ0v) is 8.91. The van der Waals surface area contributed by atoms with Gasteiger partial charge in [0.15, 0.2) is 0 Å². The summed E-state index contributed by atoms with van der Waals surface area (Å²) in [6.07, 6.45) is 6.10. The minimum absolute atomic E-state index is 0.201. The van der Waals surface area contributed by atoms with Gasteiger partial charge in [-0.15, -0.1) is 11.3 Å². The van der Waals surface area contributed by atoms with Crippen LogP contribution in [0.1, 0.15) is 10.4 Å². The molecule has 0 atom stereocenters. The Morgan fingerprint density at radius 2 is 2.20 bits per heavy atom. The van der Waals surface area contributed by atoms with Crippen molar-refractivity contribution in [1.82, 2.24) is 9.97 Å². The average Bonchev–Trinajstić information content (AvgIpc) is 2.71. The van der Waals surface area contributed by atoms with Gasteiger partial charge in [-0.1, -0.05) is 6.07 Å². The molecule has 0 N–H and O–H groups in total. The van der Waals surface area contributed by atoms with E-state index < -0.39 is 0 Å². The average molecular weight is 218 g/mol. The van der Waals surface area contributed by atoms with E-state index in [4.69, 9.17) is 0 Å². The number of pyridine rings is 1. The van der Waals surface area contributed by atoms with Crippen molar-refractivity contribution < 1.29 is 4.79 Å². The van der Waals surface area contributed by atoms with Crippen LogP contribution in [0.3, 0.4) is 0 Å². The number of carbonyl (C=O) groups excluding carboxylic acids is 1. The third-order valence-electron chi connectivity index (χ3n) is 1.98. The van der Waals surface area contributed by atoms with Crippen molar-refractivity contribution in [1.29, 1.82) is 0 Å². The normalized spacial score (nSPS) is 10.1. The first-order valence-corrected chi connectivity index (χ1v) is 5.50. The smallest absolute Gasteiger partial charge is 0.142 e. The molecule has 0 saturated carbocycles. The van der Waals surface area contributed by atoms with Gasteiger partial charge in [0.25, 0.3) is 0 Å². The summed E-state index contributed by atoms with van der Waals surface area (Å²) < 4.78 is 0. The highest BCUT2D eigenvalue weighted by Gasteiger charge is 2.06. The van der Waals surface area contributed by atoms with Crippen LogP contribution in [0.2, 0.25) is 0 Å². The van der Waals surface area contributed by atoms with Crippen LogP contribution in [-0.4, -0.2) is 15.8 Å². The van der Waals surface area contributed by atoms with Crippen molar-refractivity contribution in [3.05, 3.63) is 46.7 Å². The Balaban J connectivity index is 1.94. The maximum absolute atomic E-state index is 11.6. The first-order valence-electron chi connectivity index (χ1n) is 4.62. The quantitative estimate of drug-likeness (QED) is 0.787. The maximum Gasteiger partial charge on any atom is 0.142 e. The molecule has 2 rings (SSSR count). The molecule has 2 aromatic heterocycles. The molecule has 0 fully saturated rings. The van der Waals surface area contributed by atoms with Gasteiger partial charge >= 0.3 is 0 Å². The highest BCUT2D eigenvalue weighted by molar-refractivity contribution is 7.09. The number of carbonyl (C=O) groups is 1. The van der Waals surface area contributed by atoms with Gasteiger partial charge in [0.2, 0.25) is 0 Å². The van der Waals surface area contributed by atoms with Crippen LogP contribution in [0.4, 0.5) is 0 Å². The molecule has 15 heavy (non-hydrogen) atoms. The Bertz CT molecular complexity index is 425. The van der Waals surface area contributed by atoms with E-state index in [0.29, 0.717) is 12.8 Å². The predicted octanol–water partition coefficient (Wildman–Crippen LogP) is 1.89. The van der Waals surface area contributed by atoms with Gasteiger partial charge in [0.1, 0.15) is 5.78 Å². The van der Waals surface area contributed by atoms with E-state index >= 15 is 0 Å². The van der Waals surface area contributed by atoms with Crippen molar-refractivity contribution in [2.75, 3.05) is 0 Å². The molecule has 0 unspecified atom stereocenters. The summed E-state index contributed by atoms with van der Waals surface area (Å²) in [5.41, 5.74) is 2.71. The lowest BCUT2D eigenvalue weighted by Crippen LogP contribution is -2.05. The van der Waals surface area contributed by atoms with Gasteiger partial charge < -0.3 is 0 Å². The Labute approximate surface area is 91.8 Å². The second kappa shape index (κ2) is 4.79. The molecular formula is C11H10N2OS. The van der Waals surface area contributed by atoms with E-state index in [-0.39, 0.29) is 5.78 Å². The van der Waals surface area contributed by atoms with E-state index in [1.54, 1.807) is 24.1 Å². The molecule has 0 spiro atoms. The number of hydrogen-bond acceptors (Lipinski definition) is 4. The molecule has 0 saturated heterocycles. The zero-order chi connectivity index (χ0) is 10.5. The predicted molar refractivity (Wildman–Crippen MR) is 58.8 cm³/mol. The molecule has 2 aromatic rings. The molecule has 3 nitrogen and oxygen atoms in total. The fraction of sp³-hybridized carbons (Fsp3) is 0.182. The molecule has 0 bridgehead atoms. The molecule has 4 heteroatoms. The van der Waals surface area contributed by atoms with Crippen LogP contribution >= 0.6 is 11.3 Å². The molecule has 0 aliphatic heterocycles. The fourth-order valence-corrected chi connectivity index (χ4v) is 1.94. The Morgan fingerprint density at radius 1 is 1.27 bits per heavy atom. The largest absolute Gasteiger partial charge is 0.299 e. The summed E-state index contributed by atoms with van der Waals surface area (Å²) in [5, 5.41) is 0. The number of thiazole rings is 1. The molecule has 0 aliphatic carbocycles. The van der Waals surface area contributed by atoms with E-state index in [9.17, 15) is 4.79 Å². The molecule has 0 aliphatic rings. The molecule has 0 radical (unpaired) electrons. The molecule has 76 valence electrons. The minimum Gasteiger partial charge on any atom is -0.299 e. The molecule has 0 aromatic carbocycles. The van der Waals surface area contributed by atoms with Crippen LogP contribution in [0, 0.1) is 0 Å². The van der Waals surface area contributed by atoms with Gasteiger partial charge in [-0.25, -0.2) is 0 Å². The molecular weight excluding hydrogens is 208 g/mol. The first kappa shape index (κ1) is 9.98. The van der Waals surface area contributed by atoms with Crippen LogP contribution in [-0.2, 0) is 17.6 Å². The molecule has 0 amide bonds. The fourth-order valence-electron chi connectivity index (χ4n) is 1.32. The van der Waals surface area contributed by atoms with Crippen molar-refractivity contribution >= 4 is 17.1 Å². The number of ketones is 1. The lowest BCUT2D eigenvalue weighted by atomic mass is 10.1. The maximum atomic E-state index is 11.6. The standard InChI is InChI=1S/C11H10N2OS/c14-10(5-11-7-13-8-15-11)4-9-2-1-3-12-6-9/h1-3,6-8H,4-5H2. The monoisotopic (exact) mass is 218 g/mol. The van der Waals surface area contributed by atoms with E-state index in [1.807, 2.05) is 12.1 Å². The van der Waals surface area contributed by atoms with Crippen LogP contribution in [0.5, 0.6) is 0 Å². The van der Waals surface area contributed by atoms with Crippen molar-refractivity contribution in [2.45, 2.75) is 12.8 Å². The second-order valence-electron chi connectivity index (χ2n) is 3.22. The summed E-state index contributed by atoms with van der Waals surface area (Å²) in [5.74, 6) is 0.201. The van der Waals surface area contributed by atoms with Crippen molar-refractivity contribution in [2.24, 2.45) is 0 Å². The number of nitrogens with zero attached hydrogens (tertiary/aromatic N) is 2. The highest BCUT2D eigenvalue weighted by Crippen LogP contribution is 2.08. The van der Waals surface area contributed by atoms with Gasteiger partial charge in [-0.3, -0.25) is 14.8 Å². The van der Waals surface area contributed by atoms with E-state index in [1.165, 1.54) is 11.3 Å². The summed E-state index contributed by atoms with van der Waals surface area (Å²) >= 11 is 1.51. The molecule has 2 heterocycles. The summed E-state index contributed by atoms with van der Waals surface area (Å²) in [6, 6.07) is 3.76. The van der Waals surface area contributed by atoms with E-state index in [0.717, 1.165) is 10.4 Å². The number of hydrogen-bond donors (Lipinski definition) is 0. The first-order chi connectivity index (χ1) is 7.34. The Morgan fingerprint density at radius 3 is 2.87 bits per heavy atom. The highest BCUT2D eigenvalue weighted by atomic mass is 32.1. The summed E-state index contributed by atoms with van der Waals surface area (Å²) in [6.45, 7) is 0. The van der Waals surface area contributed by atoms with Crippen molar-refractivity contribution in [3.63, 3.8) is 0 Å². The Kier molecular flexibility index (Phi) is 3.19. The van der Waals surface area contributed by atoms with Crippen LogP contribution in [0.15, 0.2) is 36.2 Å². The lowest BCUT2D eigenvalue weighted by Gasteiger charge is -1.98. The number of aromatic nitrogens is 2. The number of Topliss-reactive ketones (excluding diaryl/α,β-unsaturated/α-hetero) is 1. The van der Waals surface area contributed by atoms with Crippen molar-refractivity contribution in [3.8, 4) is 0 Å². The number of rotatable bonds is 4. The third-order valence-corrected chi connectivity index (χ3v) is 2.76. The van der Waals surface area contributed by atoms with Crippen LogP contribution < -0.4 is 0 Å². The minimum atomic E-state index is 0.201. The summed E-state index contributed by atoms with van der Waals surface area (Å²) in [7, 11) is 0. The second-order valence-corrected chi connectivity index (χ2v) is 4.19. The lowest BCUT2D eigenvalue weighted by molar-refractivity contribution is -0.117. The van der Waals surface area contributed by atoms with Gasteiger partial charge in [0, 0.05) is 36.3 Å². The topological polar surface area (TPSA) is 42.9 Å². The SMILES string of the molecule is O=C(Cc1cccnc1)Cc1cncs1. The van der Waals surface area contributed by atoms with E-state index in [2.05, 4.69) is 9.97 Å².